The molecule has 178 valence electrons. The Kier molecular flexibility index (Phi) is 8.41. The third kappa shape index (κ3) is 7.23. The molecule has 0 radical (unpaired) electrons. The minimum atomic E-state index is -3.71. The first-order chi connectivity index (χ1) is 15.6. The summed E-state index contributed by atoms with van der Waals surface area (Å²) in [7, 11) is -3.71. The summed E-state index contributed by atoms with van der Waals surface area (Å²) in [6.07, 6.45) is 0.908. The maximum absolute atomic E-state index is 13.2. The molecular weight excluding hydrogens is 471 g/mol. The summed E-state index contributed by atoms with van der Waals surface area (Å²) in [5.41, 5.74) is 1.18. The molecule has 2 amide bonds. The zero-order valence-corrected chi connectivity index (χ0v) is 19.5. The van der Waals surface area contributed by atoms with Gasteiger partial charge in [-0.1, -0.05) is 23.7 Å². The van der Waals surface area contributed by atoms with Gasteiger partial charge >= 0.3 is 0 Å². The largest absolute Gasteiger partial charge is 0.356 e. The average molecular weight is 497 g/mol. The van der Waals surface area contributed by atoms with Gasteiger partial charge in [-0.05, 0) is 42.3 Å². The van der Waals surface area contributed by atoms with Crippen molar-refractivity contribution in [1.29, 1.82) is 0 Å². The van der Waals surface area contributed by atoms with Crippen LogP contribution in [-0.2, 0) is 21.2 Å². The van der Waals surface area contributed by atoms with E-state index in [9.17, 15) is 22.4 Å². The van der Waals surface area contributed by atoms with Crippen LogP contribution < -0.4 is 10.5 Å². The number of nitrogens with one attached hydrogen (secondary N) is 1. The van der Waals surface area contributed by atoms with Gasteiger partial charge in [0.15, 0.2) is 0 Å². The van der Waals surface area contributed by atoms with Gasteiger partial charge in [0.05, 0.1) is 15.5 Å². The van der Waals surface area contributed by atoms with Gasteiger partial charge in [-0.25, -0.2) is 17.9 Å². The number of piperazine rings is 1. The van der Waals surface area contributed by atoms with Crippen LogP contribution in [0.3, 0.4) is 0 Å². The van der Waals surface area contributed by atoms with Crippen LogP contribution in [0.2, 0.25) is 5.02 Å². The molecule has 3 N–H and O–H groups in total. The molecule has 2 aromatic carbocycles. The highest BCUT2D eigenvalue weighted by molar-refractivity contribution is 7.89. The first kappa shape index (κ1) is 25.1. The number of primary sulfonamides is 1. The molecule has 0 unspecified atom stereocenters. The molecule has 3 rings (SSSR count). The lowest BCUT2D eigenvalue weighted by Gasteiger charge is -2.34. The van der Waals surface area contributed by atoms with Crippen molar-refractivity contribution in [3.8, 4) is 0 Å². The van der Waals surface area contributed by atoms with E-state index < -0.39 is 15.8 Å². The Balaban J connectivity index is 1.35. The van der Waals surface area contributed by atoms with Crippen molar-refractivity contribution < 1.29 is 22.4 Å². The van der Waals surface area contributed by atoms with Crippen molar-refractivity contribution in [2.75, 3.05) is 39.3 Å². The van der Waals surface area contributed by atoms with Gasteiger partial charge in [0, 0.05) is 45.7 Å². The topological polar surface area (TPSA) is 113 Å². The fourth-order valence-electron chi connectivity index (χ4n) is 3.55. The zero-order chi connectivity index (χ0) is 24.0. The highest BCUT2D eigenvalue weighted by Crippen LogP contribution is 2.20. The summed E-state index contributed by atoms with van der Waals surface area (Å²) in [5.74, 6) is -0.790. The quantitative estimate of drug-likeness (QED) is 0.577. The molecule has 1 heterocycles. The number of halogens is 2. The second kappa shape index (κ2) is 11.1. The summed E-state index contributed by atoms with van der Waals surface area (Å²) in [4.78, 5) is 28.6. The SMILES string of the molecule is NS(=O)(=O)c1ccc(CCNC(=O)CCN2CCN(C(=O)c3ccc(F)cc3Cl)CC2)cc1. The van der Waals surface area contributed by atoms with E-state index in [1.165, 1.54) is 24.3 Å². The van der Waals surface area contributed by atoms with Crippen molar-refractivity contribution in [2.24, 2.45) is 5.14 Å². The van der Waals surface area contributed by atoms with Crippen LogP contribution in [0.25, 0.3) is 0 Å². The molecule has 0 atom stereocenters. The fraction of sp³-hybridized carbons (Fsp3) is 0.364. The number of nitrogens with zero attached hydrogens (tertiary/aromatic N) is 2. The summed E-state index contributed by atoms with van der Waals surface area (Å²) < 4.78 is 35.7. The van der Waals surface area contributed by atoms with Crippen molar-refractivity contribution in [1.82, 2.24) is 15.1 Å². The summed E-state index contributed by atoms with van der Waals surface area (Å²) >= 11 is 5.99. The summed E-state index contributed by atoms with van der Waals surface area (Å²) in [6.45, 7) is 3.29. The molecular formula is C22H26ClFN4O4S. The minimum absolute atomic E-state index is 0.0536. The van der Waals surface area contributed by atoms with Gasteiger partial charge in [-0.3, -0.25) is 14.5 Å². The van der Waals surface area contributed by atoms with E-state index in [0.717, 1.165) is 11.6 Å². The van der Waals surface area contributed by atoms with Gasteiger partial charge in [0.25, 0.3) is 5.91 Å². The Morgan fingerprint density at radius 2 is 1.73 bits per heavy atom. The molecule has 0 bridgehead atoms. The molecule has 0 aromatic heterocycles. The Labute approximate surface area is 197 Å². The number of amides is 2. The number of benzene rings is 2. The van der Waals surface area contributed by atoms with E-state index in [0.29, 0.717) is 52.1 Å². The van der Waals surface area contributed by atoms with Crippen LogP contribution in [0.15, 0.2) is 47.4 Å². The van der Waals surface area contributed by atoms with E-state index in [1.807, 2.05) is 0 Å². The number of hydrogen-bond donors (Lipinski definition) is 2. The van der Waals surface area contributed by atoms with Crippen LogP contribution >= 0.6 is 11.6 Å². The number of sulfonamides is 1. The highest BCUT2D eigenvalue weighted by Gasteiger charge is 2.24. The van der Waals surface area contributed by atoms with E-state index in [1.54, 1.807) is 17.0 Å². The van der Waals surface area contributed by atoms with Crippen LogP contribution in [0, 0.1) is 5.82 Å². The van der Waals surface area contributed by atoms with Crippen LogP contribution in [0.4, 0.5) is 4.39 Å². The molecule has 1 aliphatic rings. The first-order valence-electron chi connectivity index (χ1n) is 10.5. The van der Waals surface area contributed by atoms with Crippen molar-refractivity contribution in [3.63, 3.8) is 0 Å². The Bertz CT molecular complexity index is 1100. The summed E-state index contributed by atoms with van der Waals surface area (Å²) in [6, 6.07) is 9.97. The molecule has 0 saturated carbocycles. The minimum Gasteiger partial charge on any atom is -0.356 e. The maximum Gasteiger partial charge on any atom is 0.255 e. The van der Waals surface area contributed by atoms with Gasteiger partial charge in [0.2, 0.25) is 15.9 Å². The maximum atomic E-state index is 13.2. The van der Waals surface area contributed by atoms with Gasteiger partial charge in [-0.2, -0.15) is 0 Å². The predicted molar refractivity (Wildman–Crippen MR) is 123 cm³/mol. The number of carbonyl (C=O) groups excluding carboxylic acids is 2. The molecule has 1 aliphatic heterocycles. The van der Waals surface area contributed by atoms with Crippen molar-refractivity contribution in [3.05, 3.63) is 64.4 Å². The molecule has 0 aliphatic carbocycles. The Hall–Kier alpha value is -2.53. The van der Waals surface area contributed by atoms with Crippen LogP contribution in [0.1, 0.15) is 22.3 Å². The first-order valence-corrected chi connectivity index (χ1v) is 12.4. The average Bonchev–Trinajstić information content (AvgIpc) is 2.77. The lowest BCUT2D eigenvalue weighted by molar-refractivity contribution is -0.121. The number of rotatable bonds is 8. The van der Waals surface area contributed by atoms with Crippen LogP contribution in [-0.4, -0.2) is 69.3 Å². The second-order valence-corrected chi connectivity index (χ2v) is 9.77. The van der Waals surface area contributed by atoms with E-state index >= 15 is 0 Å². The van der Waals surface area contributed by atoms with Gasteiger partial charge in [-0.15, -0.1) is 0 Å². The number of nitrogens with two attached hydrogens (primary N) is 1. The summed E-state index contributed by atoms with van der Waals surface area (Å²) in [5, 5.41) is 8.03. The van der Waals surface area contributed by atoms with Gasteiger partial charge < -0.3 is 10.2 Å². The highest BCUT2D eigenvalue weighted by atomic mass is 35.5. The number of hydrogen-bond acceptors (Lipinski definition) is 5. The molecule has 8 nitrogen and oxygen atoms in total. The van der Waals surface area contributed by atoms with Crippen molar-refractivity contribution >= 4 is 33.4 Å². The molecule has 1 fully saturated rings. The monoisotopic (exact) mass is 496 g/mol. The Morgan fingerprint density at radius 3 is 2.33 bits per heavy atom. The molecule has 11 heteroatoms. The van der Waals surface area contributed by atoms with E-state index in [4.69, 9.17) is 16.7 Å². The standard InChI is InChI=1S/C22H26ClFN4O4S/c23-20-15-17(24)3-6-19(20)22(30)28-13-11-27(12-14-28)10-8-21(29)26-9-7-16-1-4-18(5-2-16)33(25,31)32/h1-6,15H,7-14H2,(H,26,29)(H2,25,31,32). The van der Waals surface area contributed by atoms with E-state index in [2.05, 4.69) is 10.2 Å². The third-order valence-corrected chi connectivity index (χ3v) is 6.71. The molecule has 33 heavy (non-hydrogen) atoms. The molecule has 2 aromatic rings. The van der Waals surface area contributed by atoms with E-state index in [-0.39, 0.29) is 27.3 Å². The van der Waals surface area contributed by atoms with Crippen molar-refractivity contribution in [2.45, 2.75) is 17.7 Å². The third-order valence-electron chi connectivity index (χ3n) is 5.46. The Morgan fingerprint density at radius 1 is 1.06 bits per heavy atom. The molecule has 1 saturated heterocycles. The number of carbonyl (C=O) groups is 2. The lowest BCUT2D eigenvalue weighted by Crippen LogP contribution is -2.49. The fourth-order valence-corrected chi connectivity index (χ4v) is 4.31. The normalized spacial score (nSPS) is 14.8. The smallest absolute Gasteiger partial charge is 0.255 e. The van der Waals surface area contributed by atoms with Crippen LogP contribution in [0.5, 0.6) is 0 Å². The lowest BCUT2D eigenvalue weighted by atomic mass is 10.1. The molecule has 0 spiro atoms. The zero-order valence-electron chi connectivity index (χ0n) is 18.0. The van der Waals surface area contributed by atoms with Gasteiger partial charge in [0.1, 0.15) is 5.82 Å². The predicted octanol–water partition coefficient (Wildman–Crippen LogP) is 1.63. The second-order valence-electron chi connectivity index (χ2n) is 7.80.